The highest BCUT2D eigenvalue weighted by molar-refractivity contribution is 5.82. The molecule has 3 rings (SSSR count). The maximum atomic E-state index is 13.4. The molecule has 0 spiro atoms. The zero-order chi connectivity index (χ0) is 30.6. The Hall–Kier alpha value is -2.12. The van der Waals surface area contributed by atoms with Gasteiger partial charge in [0.1, 0.15) is 11.2 Å². The van der Waals surface area contributed by atoms with Crippen LogP contribution in [-0.4, -0.2) is 48.3 Å². The molecule has 0 aromatic heterocycles. The zero-order valence-corrected chi connectivity index (χ0v) is 26.7. The molecular weight excluding hydrogens is 536 g/mol. The molecule has 8 nitrogen and oxygen atoms in total. The minimum atomic E-state index is -0.777. The maximum Gasteiger partial charge on any atom is 0.310 e. The van der Waals surface area contributed by atoms with Gasteiger partial charge in [-0.3, -0.25) is 19.2 Å². The first-order valence-electron chi connectivity index (χ1n) is 16.9. The van der Waals surface area contributed by atoms with Crippen LogP contribution in [0.1, 0.15) is 143 Å². The van der Waals surface area contributed by atoms with Crippen molar-refractivity contribution in [3.05, 3.63) is 0 Å². The standard InChI is InChI=1S/C34H56O8/c1-5-33(3,41-30(36)26-17-11-8-12-18-26)22-24-40-31(37)27-19-13-14-20-28(27)32(38)42-34(4,6-2)21-23-39-29(35)25-15-9-7-10-16-25/h25-28H,5-24H2,1-4H3. The molecule has 0 heterocycles. The molecule has 0 bridgehead atoms. The highest BCUT2D eigenvalue weighted by Gasteiger charge is 2.41. The fourth-order valence-electron chi connectivity index (χ4n) is 6.58. The summed E-state index contributed by atoms with van der Waals surface area (Å²) in [4.78, 5) is 51.8. The van der Waals surface area contributed by atoms with Gasteiger partial charge in [-0.15, -0.1) is 0 Å². The molecule has 3 aliphatic rings. The quantitative estimate of drug-likeness (QED) is 0.153. The van der Waals surface area contributed by atoms with E-state index in [0.717, 1.165) is 64.2 Å². The molecule has 0 saturated heterocycles. The molecule has 4 atom stereocenters. The van der Waals surface area contributed by atoms with Crippen molar-refractivity contribution in [3.63, 3.8) is 0 Å². The number of ether oxygens (including phenoxy) is 4. The second kappa shape index (κ2) is 16.7. The van der Waals surface area contributed by atoms with Crippen molar-refractivity contribution in [2.24, 2.45) is 23.7 Å². The highest BCUT2D eigenvalue weighted by atomic mass is 16.6. The number of rotatable bonds is 14. The molecule has 240 valence electrons. The van der Waals surface area contributed by atoms with Gasteiger partial charge in [-0.25, -0.2) is 0 Å². The van der Waals surface area contributed by atoms with E-state index in [4.69, 9.17) is 18.9 Å². The summed E-state index contributed by atoms with van der Waals surface area (Å²) in [5.74, 6) is -2.17. The fraction of sp³-hybridized carbons (Fsp3) is 0.882. The van der Waals surface area contributed by atoms with Gasteiger partial charge in [0, 0.05) is 12.8 Å². The molecular formula is C34H56O8. The molecule has 0 radical (unpaired) electrons. The average Bonchev–Trinajstić information content (AvgIpc) is 3.01. The van der Waals surface area contributed by atoms with Gasteiger partial charge in [-0.05, 0) is 65.2 Å². The lowest BCUT2D eigenvalue weighted by Gasteiger charge is -2.34. The van der Waals surface area contributed by atoms with E-state index in [-0.39, 0.29) is 48.9 Å². The Balaban J connectivity index is 1.48. The van der Waals surface area contributed by atoms with Crippen molar-refractivity contribution in [2.45, 2.75) is 154 Å². The third kappa shape index (κ3) is 10.3. The monoisotopic (exact) mass is 592 g/mol. The Morgan fingerprint density at radius 2 is 0.905 bits per heavy atom. The van der Waals surface area contributed by atoms with Gasteiger partial charge in [0.25, 0.3) is 0 Å². The normalized spacial score (nSPS) is 25.0. The van der Waals surface area contributed by atoms with E-state index in [1.165, 1.54) is 12.8 Å². The molecule has 8 heteroatoms. The zero-order valence-electron chi connectivity index (χ0n) is 26.7. The summed E-state index contributed by atoms with van der Waals surface area (Å²) < 4.78 is 23.2. The van der Waals surface area contributed by atoms with Crippen LogP contribution in [0.25, 0.3) is 0 Å². The molecule has 0 aromatic carbocycles. The second-order valence-corrected chi connectivity index (χ2v) is 13.5. The van der Waals surface area contributed by atoms with Crippen LogP contribution in [0.3, 0.4) is 0 Å². The highest BCUT2D eigenvalue weighted by Crippen LogP contribution is 2.35. The third-order valence-corrected chi connectivity index (χ3v) is 10.2. The molecule has 42 heavy (non-hydrogen) atoms. The minimum Gasteiger partial charge on any atom is -0.465 e. The number of carbonyl (C=O) groups excluding carboxylic acids is 4. The summed E-state index contributed by atoms with van der Waals surface area (Å²) in [6, 6.07) is 0. The number of esters is 4. The molecule has 0 aromatic rings. The lowest BCUT2D eigenvalue weighted by atomic mass is 9.79. The topological polar surface area (TPSA) is 105 Å². The molecule has 3 aliphatic carbocycles. The van der Waals surface area contributed by atoms with Crippen LogP contribution < -0.4 is 0 Å². The van der Waals surface area contributed by atoms with E-state index in [2.05, 4.69) is 0 Å². The Morgan fingerprint density at radius 1 is 0.524 bits per heavy atom. The third-order valence-electron chi connectivity index (χ3n) is 10.2. The van der Waals surface area contributed by atoms with E-state index < -0.39 is 23.0 Å². The van der Waals surface area contributed by atoms with Gasteiger partial charge in [0.2, 0.25) is 0 Å². The first-order chi connectivity index (χ1) is 20.1. The summed E-state index contributed by atoms with van der Waals surface area (Å²) >= 11 is 0. The first kappa shape index (κ1) is 34.4. The van der Waals surface area contributed by atoms with Crippen molar-refractivity contribution in [1.29, 1.82) is 0 Å². The van der Waals surface area contributed by atoms with E-state index in [1.54, 1.807) is 0 Å². The molecule has 3 saturated carbocycles. The van der Waals surface area contributed by atoms with Crippen LogP contribution in [0.15, 0.2) is 0 Å². The van der Waals surface area contributed by atoms with Gasteiger partial charge in [0.05, 0.1) is 36.9 Å². The van der Waals surface area contributed by atoms with Crippen molar-refractivity contribution < 1.29 is 38.1 Å². The number of carbonyl (C=O) groups is 4. The second-order valence-electron chi connectivity index (χ2n) is 13.5. The maximum absolute atomic E-state index is 13.4. The molecule has 0 N–H and O–H groups in total. The van der Waals surface area contributed by atoms with Crippen molar-refractivity contribution in [1.82, 2.24) is 0 Å². The molecule has 4 unspecified atom stereocenters. The van der Waals surface area contributed by atoms with Gasteiger partial charge in [-0.2, -0.15) is 0 Å². The number of hydrogen-bond acceptors (Lipinski definition) is 8. The van der Waals surface area contributed by atoms with E-state index >= 15 is 0 Å². The number of hydrogen-bond donors (Lipinski definition) is 0. The van der Waals surface area contributed by atoms with Crippen LogP contribution in [0.5, 0.6) is 0 Å². The lowest BCUT2D eigenvalue weighted by Crippen LogP contribution is -2.41. The summed E-state index contributed by atoms with van der Waals surface area (Å²) in [6.07, 6.45) is 15.1. The first-order valence-corrected chi connectivity index (χ1v) is 16.9. The molecule has 0 aliphatic heterocycles. The van der Waals surface area contributed by atoms with Crippen molar-refractivity contribution in [3.8, 4) is 0 Å². The van der Waals surface area contributed by atoms with Crippen LogP contribution in [0.2, 0.25) is 0 Å². The van der Waals surface area contributed by atoms with Crippen molar-refractivity contribution in [2.75, 3.05) is 13.2 Å². The summed E-state index contributed by atoms with van der Waals surface area (Å²) in [6.45, 7) is 8.05. The Kier molecular flexibility index (Phi) is 13.6. The predicted molar refractivity (Wildman–Crippen MR) is 159 cm³/mol. The smallest absolute Gasteiger partial charge is 0.310 e. The average molecular weight is 593 g/mol. The van der Waals surface area contributed by atoms with Crippen LogP contribution >= 0.6 is 0 Å². The van der Waals surface area contributed by atoms with Crippen LogP contribution in [-0.2, 0) is 38.1 Å². The molecule has 0 amide bonds. The van der Waals surface area contributed by atoms with E-state index in [0.29, 0.717) is 38.5 Å². The fourth-order valence-corrected chi connectivity index (χ4v) is 6.58. The van der Waals surface area contributed by atoms with Crippen molar-refractivity contribution >= 4 is 23.9 Å². The Morgan fingerprint density at radius 3 is 1.38 bits per heavy atom. The van der Waals surface area contributed by atoms with Gasteiger partial charge in [-0.1, -0.05) is 65.2 Å². The minimum absolute atomic E-state index is 0.0117. The van der Waals surface area contributed by atoms with E-state index in [1.807, 2.05) is 27.7 Å². The predicted octanol–water partition coefficient (Wildman–Crippen LogP) is 7.24. The van der Waals surface area contributed by atoms with E-state index in [9.17, 15) is 19.2 Å². The van der Waals surface area contributed by atoms with Crippen LogP contribution in [0.4, 0.5) is 0 Å². The van der Waals surface area contributed by atoms with Gasteiger partial charge < -0.3 is 18.9 Å². The van der Waals surface area contributed by atoms with Gasteiger partial charge >= 0.3 is 23.9 Å². The Labute approximate surface area is 253 Å². The van der Waals surface area contributed by atoms with Gasteiger partial charge in [0.15, 0.2) is 0 Å². The summed E-state index contributed by atoms with van der Waals surface area (Å²) in [7, 11) is 0. The summed E-state index contributed by atoms with van der Waals surface area (Å²) in [5, 5.41) is 0. The SMILES string of the molecule is CCC(C)(CCOC(=O)C1CCCCC1C(=O)OC(C)(CC)CCOC(=O)C1CCCCC1)OC(=O)C1CCCCC1. The summed E-state index contributed by atoms with van der Waals surface area (Å²) in [5.41, 5.74) is -1.47. The molecule has 3 fully saturated rings. The Bertz CT molecular complexity index is 890. The largest absolute Gasteiger partial charge is 0.465 e. The van der Waals surface area contributed by atoms with Crippen LogP contribution in [0, 0.1) is 23.7 Å². The lowest BCUT2D eigenvalue weighted by molar-refractivity contribution is -0.176.